The van der Waals surface area contributed by atoms with E-state index in [1.54, 1.807) is 0 Å². The van der Waals surface area contributed by atoms with E-state index in [0.29, 0.717) is 6.42 Å². The number of rotatable bonds is 8. The molecule has 0 bridgehead atoms. The highest BCUT2D eigenvalue weighted by molar-refractivity contribution is 5.96. The average molecular weight is 408 g/mol. The second-order valence-corrected chi connectivity index (χ2v) is 8.62. The van der Waals surface area contributed by atoms with Crippen molar-refractivity contribution >= 4 is 11.8 Å². The molecule has 0 spiro atoms. The Morgan fingerprint density at radius 3 is 2.20 bits per heavy atom. The van der Waals surface area contributed by atoms with E-state index in [1.165, 1.54) is 0 Å². The molecule has 0 saturated carbocycles. The van der Waals surface area contributed by atoms with E-state index in [-0.39, 0.29) is 35.9 Å². The molecule has 1 aliphatic heterocycles. The second-order valence-electron chi connectivity index (χ2n) is 8.62. The zero-order valence-corrected chi connectivity index (χ0v) is 18.3. The van der Waals surface area contributed by atoms with Gasteiger partial charge in [0, 0.05) is 30.5 Å². The van der Waals surface area contributed by atoms with Crippen LogP contribution < -0.4 is 0 Å². The summed E-state index contributed by atoms with van der Waals surface area (Å²) in [5.74, 6) is -0.131. The normalized spacial score (nSPS) is 20.7. The standard InChI is InChI=1S/C26H33NO3/c1-19(2)26(29)30-25(21-13-8-5-9-14-21)18-23-16-10-15-22(27(23)3)17-24(28)20-11-6-4-7-12-20/h4-9,11-14,19,22-23,25H,10,15-18H2,1-3H3. The molecule has 0 amide bonds. The van der Waals surface area contributed by atoms with Gasteiger partial charge in [0.1, 0.15) is 6.10 Å². The van der Waals surface area contributed by atoms with Crippen LogP contribution >= 0.6 is 0 Å². The lowest BCUT2D eigenvalue weighted by atomic mass is 9.88. The number of Topliss-reactive ketones (excluding diaryl/α,β-unsaturated/α-hetero) is 1. The van der Waals surface area contributed by atoms with Gasteiger partial charge >= 0.3 is 5.97 Å². The van der Waals surface area contributed by atoms with Crippen molar-refractivity contribution in [3.63, 3.8) is 0 Å². The maximum absolute atomic E-state index is 12.7. The fourth-order valence-electron chi connectivity index (χ4n) is 4.22. The summed E-state index contributed by atoms with van der Waals surface area (Å²) < 4.78 is 5.90. The van der Waals surface area contributed by atoms with Crippen LogP contribution in [0.25, 0.3) is 0 Å². The summed E-state index contributed by atoms with van der Waals surface area (Å²) in [7, 11) is 2.11. The van der Waals surface area contributed by atoms with Crippen molar-refractivity contribution in [1.29, 1.82) is 0 Å². The van der Waals surface area contributed by atoms with Gasteiger partial charge in [-0.1, -0.05) is 80.9 Å². The highest BCUT2D eigenvalue weighted by Gasteiger charge is 2.32. The largest absolute Gasteiger partial charge is 0.457 e. The smallest absolute Gasteiger partial charge is 0.308 e. The third-order valence-corrected chi connectivity index (χ3v) is 6.13. The number of carbonyl (C=O) groups excluding carboxylic acids is 2. The molecule has 0 aromatic heterocycles. The van der Waals surface area contributed by atoms with Crippen molar-refractivity contribution in [1.82, 2.24) is 4.90 Å². The summed E-state index contributed by atoms with van der Waals surface area (Å²) in [6.07, 6.45) is 4.16. The topological polar surface area (TPSA) is 46.6 Å². The molecule has 3 rings (SSSR count). The number of piperidine rings is 1. The molecule has 2 aromatic carbocycles. The number of likely N-dealkylation sites (tertiary alicyclic amines) is 1. The molecule has 30 heavy (non-hydrogen) atoms. The highest BCUT2D eigenvalue weighted by Crippen LogP contribution is 2.32. The maximum Gasteiger partial charge on any atom is 0.308 e. The van der Waals surface area contributed by atoms with Crippen molar-refractivity contribution in [2.45, 2.75) is 64.1 Å². The molecule has 1 fully saturated rings. The van der Waals surface area contributed by atoms with Gasteiger partial charge in [-0.3, -0.25) is 14.5 Å². The summed E-state index contributed by atoms with van der Waals surface area (Å²) in [5.41, 5.74) is 1.81. The quantitative estimate of drug-likeness (QED) is 0.432. The van der Waals surface area contributed by atoms with Gasteiger partial charge < -0.3 is 4.74 Å². The second kappa shape index (κ2) is 10.5. The monoisotopic (exact) mass is 407 g/mol. The number of ketones is 1. The molecule has 4 heteroatoms. The minimum atomic E-state index is -0.267. The lowest BCUT2D eigenvalue weighted by Gasteiger charge is -2.41. The average Bonchev–Trinajstić information content (AvgIpc) is 2.77. The maximum atomic E-state index is 12.7. The Bertz CT molecular complexity index is 819. The first-order valence-corrected chi connectivity index (χ1v) is 11.0. The zero-order chi connectivity index (χ0) is 21.5. The van der Waals surface area contributed by atoms with E-state index < -0.39 is 0 Å². The first kappa shape index (κ1) is 22.2. The summed E-state index contributed by atoms with van der Waals surface area (Å²) in [6.45, 7) is 3.73. The Hall–Kier alpha value is -2.46. The van der Waals surface area contributed by atoms with E-state index in [4.69, 9.17) is 4.74 Å². The lowest BCUT2D eigenvalue weighted by molar-refractivity contribution is -0.154. The number of hydrogen-bond acceptors (Lipinski definition) is 4. The van der Waals surface area contributed by atoms with Gasteiger partial charge in [0.05, 0.1) is 5.92 Å². The first-order chi connectivity index (χ1) is 14.5. The van der Waals surface area contributed by atoms with Gasteiger partial charge in [0.2, 0.25) is 0 Å². The minimum absolute atomic E-state index is 0.156. The van der Waals surface area contributed by atoms with Crippen LogP contribution in [0.4, 0.5) is 0 Å². The number of nitrogens with zero attached hydrogens (tertiary/aromatic N) is 1. The van der Waals surface area contributed by atoms with Crippen LogP contribution in [0.5, 0.6) is 0 Å². The van der Waals surface area contributed by atoms with Crippen LogP contribution in [0.1, 0.15) is 68.0 Å². The van der Waals surface area contributed by atoms with Gasteiger partial charge in [0.15, 0.2) is 5.78 Å². The zero-order valence-electron chi connectivity index (χ0n) is 18.3. The molecule has 3 atom stereocenters. The molecule has 2 aromatic rings. The number of hydrogen-bond donors (Lipinski definition) is 0. The molecule has 3 unspecified atom stereocenters. The van der Waals surface area contributed by atoms with Gasteiger partial charge in [-0.05, 0) is 25.5 Å². The molecule has 4 nitrogen and oxygen atoms in total. The van der Waals surface area contributed by atoms with Crippen molar-refractivity contribution < 1.29 is 14.3 Å². The minimum Gasteiger partial charge on any atom is -0.457 e. The Balaban J connectivity index is 1.69. The Morgan fingerprint density at radius 1 is 0.967 bits per heavy atom. The molecule has 1 aliphatic rings. The molecule has 160 valence electrons. The predicted molar refractivity (Wildman–Crippen MR) is 119 cm³/mol. The molecule has 1 saturated heterocycles. The van der Waals surface area contributed by atoms with Crippen molar-refractivity contribution in [2.75, 3.05) is 7.05 Å². The Morgan fingerprint density at radius 2 is 1.57 bits per heavy atom. The molecule has 0 N–H and O–H groups in total. The van der Waals surface area contributed by atoms with E-state index in [2.05, 4.69) is 11.9 Å². The fraction of sp³-hybridized carbons (Fsp3) is 0.462. The van der Waals surface area contributed by atoms with E-state index >= 15 is 0 Å². The summed E-state index contributed by atoms with van der Waals surface area (Å²) in [4.78, 5) is 27.4. The molecule has 0 aliphatic carbocycles. The van der Waals surface area contributed by atoms with Crippen LogP contribution in [0, 0.1) is 5.92 Å². The molecular weight excluding hydrogens is 374 g/mol. The van der Waals surface area contributed by atoms with Crippen molar-refractivity contribution in [3.05, 3.63) is 71.8 Å². The van der Waals surface area contributed by atoms with Gasteiger partial charge in [-0.25, -0.2) is 0 Å². The van der Waals surface area contributed by atoms with Crippen LogP contribution in [0.15, 0.2) is 60.7 Å². The molecular formula is C26H33NO3. The van der Waals surface area contributed by atoms with Crippen LogP contribution in [0.2, 0.25) is 0 Å². The fourth-order valence-corrected chi connectivity index (χ4v) is 4.22. The third kappa shape index (κ3) is 5.79. The summed E-state index contributed by atoms with van der Waals surface area (Å²) in [6, 6.07) is 20.0. The summed E-state index contributed by atoms with van der Waals surface area (Å²) >= 11 is 0. The lowest BCUT2D eigenvalue weighted by Crippen LogP contribution is -2.45. The van der Waals surface area contributed by atoms with Crippen LogP contribution in [0.3, 0.4) is 0 Å². The van der Waals surface area contributed by atoms with Crippen molar-refractivity contribution in [2.24, 2.45) is 5.92 Å². The molecule has 1 heterocycles. The van der Waals surface area contributed by atoms with Gasteiger partial charge in [0.25, 0.3) is 0 Å². The number of ether oxygens (including phenoxy) is 1. The Kier molecular flexibility index (Phi) is 7.81. The van der Waals surface area contributed by atoms with E-state index in [1.807, 2.05) is 74.5 Å². The number of esters is 1. The molecule has 0 radical (unpaired) electrons. The predicted octanol–water partition coefficient (Wildman–Crippen LogP) is 5.44. The number of carbonyl (C=O) groups is 2. The van der Waals surface area contributed by atoms with E-state index in [0.717, 1.165) is 36.8 Å². The van der Waals surface area contributed by atoms with Crippen molar-refractivity contribution in [3.8, 4) is 0 Å². The van der Waals surface area contributed by atoms with Gasteiger partial charge in [-0.15, -0.1) is 0 Å². The van der Waals surface area contributed by atoms with E-state index in [9.17, 15) is 9.59 Å². The van der Waals surface area contributed by atoms with Crippen LogP contribution in [-0.4, -0.2) is 35.8 Å². The number of benzene rings is 2. The SMILES string of the molecule is CC(C)C(=O)OC(CC1CCCC(CC(=O)c2ccccc2)N1C)c1ccccc1. The van der Waals surface area contributed by atoms with Gasteiger partial charge in [-0.2, -0.15) is 0 Å². The summed E-state index contributed by atoms with van der Waals surface area (Å²) in [5, 5.41) is 0. The van der Waals surface area contributed by atoms with Crippen LogP contribution in [-0.2, 0) is 9.53 Å². The highest BCUT2D eigenvalue weighted by atomic mass is 16.5. The first-order valence-electron chi connectivity index (χ1n) is 11.0. The Labute approximate surface area is 180 Å². The third-order valence-electron chi connectivity index (χ3n) is 6.13.